The number of thiophene rings is 1. The summed E-state index contributed by atoms with van der Waals surface area (Å²) in [6.07, 6.45) is 0.891. The van der Waals surface area contributed by atoms with E-state index >= 15 is 0 Å². The van der Waals surface area contributed by atoms with E-state index < -0.39 is 0 Å². The normalized spacial score (nSPS) is 10.2. The van der Waals surface area contributed by atoms with E-state index in [-0.39, 0.29) is 0 Å². The van der Waals surface area contributed by atoms with Gasteiger partial charge in [-0.1, -0.05) is 28.1 Å². The first-order chi connectivity index (χ1) is 8.19. The molecule has 17 heavy (non-hydrogen) atoms. The number of benzene rings is 1. The molecule has 0 N–H and O–H groups in total. The molecule has 0 unspecified atom stereocenters. The standard InChI is InChI=1S/C13H12BrNOS/c1-15(12-6-13(8-16)17-9-12)7-10-2-4-11(14)5-3-10/h2-6,8-9H,7H2,1H3. The molecule has 1 aromatic carbocycles. The van der Waals surface area contributed by atoms with Gasteiger partial charge in [-0.15, -0.1) is 11.3 Å². The second kappa shape index (κ2) is 5.47. The molecule has 0 aliphatic rings. The van der Waals surface area contributed by atoms with Crippen LogP contribution in [-0.2, 0) is 6.54 Å². The van der Waals surface area contributed by atoms with Crippen molar-refractivity contribution in [1.82, 2.24) is 0 Å². The van der Waals surface area contributed by atoms with Gasteiger partial charge in [-0.25, -0.2) is 0 Å². The number of halogens is 1. The second-order valence-electron chi connectivity index (χ2n) is 3.81. The molecule has 2 rings (SSSR count). The molecule has 4 heteroatoms. The highest BCUT2D eigenvalue weighted by Crippen LogP contribution is 2.22. The molecule has 0 fully saturated rings. The Hall–Kier alpha value is -1.13. The maximum atomic E-state index is 10.6. The molecule has 0 atom stereocenters. The van der Waals surface area contributed by atoms with Crippen LogP contribution in [-0.4, -0.2) is 13.3 Å². The third-order valence-electron chi connectivity index (χ3n) is 2.50. The number of rotatable bonds is 4. The fraction of sp³-hybridized carbons (Fsp3) is 0.154. The van der Waals surface area contributed by atoms with Crippen molar-refractivity contribution in [1.29, 1.82) is 0 Å². The van der Waals surface area contributed by atoms with Crippen LogP contribution in [0.1, 0.15) is 15.2 Å². The Kier molecular flexibility index (Phi) is 3.97. The predicted molar refractivity (Wildman–Crippen MR) is 76.0 cm³/mol. The molecule has 0 aliphatic carbocycles. The van der Waals surface area contributed by atoms with Crippen LogP contribution in [0, 0.1) is 0 Å². The van der Waals surface area contributed by atoms with Crippen molar-refractivity contribution in [3.8, 4) is 0 Å². The van der Waals surface area contributed by atoms with Crippen molar-refractivity contribution in [2.45, 2.75) is 6.54 Å². The van der Waals surface area contributed by atoms with Crippen molar-refractivity contribution in [3.63, 3.8) is 0 Å². The van der Waals surface area contributed by atoms with Crippen LogP contribution in [0.3, 0.4) is 0 Å². The maximum absolute atomic E-state index is 10.6. The van der Waals surface area contributed by atoms with Gasteiger partial charge in [-0.2, -0.15) is 0 Å². The van der Waals surface area contributed by atoms with Crippen LogP contribution < -0.4 is 4.90 Å². The number of aldehydes is 1. The van der Waals surface area contributed by atoms with Crippen molar-refractivity contribution in [3.05, 3.63) is 50.6 Å². The van der Waals surface area contributed by atoms with Crippen LogP contribution in [0.5, 0.6) is 0 Å². The second-order valence-corrected chi connectivity index (χ2v) is 5.67. The minimum Gasteiger partial charge on any atom is -0.370 e. The zero-order valence-corrected chi connectivity index (χ0v) is 11.8. The highest BCUT2D eigenvalue weighted by molar-refractivity contribution is 9.10. The molecule has 0 saturated heterocycles. The fourth-order valence-corrected chi connectivity index (χ4v) is 2.57. The van der Waals surface area contributed by atoms with E-state index in [2.05, 4.69) is 33.0 Å². The Labute approximate surface area is 113 Å². The number of hydrogen-bond donors (Lipinski definition) is 0. The summed E-state index contributed by atoms with van der Waals surface area (Å²) >= 11 is 4.89. The molecular formula is C13H12BrNOS. The summed E-state index contributed by atoms with van der Waals surface area (Å²) in [5.74, 6) is 0. The Morgan fingerprint density at radius 2 is 2.06 bits per heavy atom. The third-order valence-corrected chi connectivity index (χ3v) is 3.87. The Balaban J connectivity index is 2.08. The van der Waals surface area contributed by atoms with Gasteiger partial charge in [0.05, 0.1) is 4.88 Å². The number of hydrogen-bond acceptors (Lipinski definition) is 3. The summed E-state index contributed by atoms with van der Waals surface area (Å²) in [4.78, 5) is 13.5. The summed E-state index contributed by atoms with van der Waals surface area (Å²) in [6.45, 7) is 0.836. The number of carbonyl (C=O) groups excluding carboxylic acids is 1. The molecule has 2 nitrogen and oxygen atoms in total. The topological polar surface area (TPSA) is 20.3 Å². The summed E-state index contributed by atoms with van der Waals surface area (Å²) < 4.78 is 1.09. The smallest absolute Gasteiger partial charge is 0.160 e. The van der Waals surface area contributed by atoms with Gasteiger partial charge in [0.2, 0.25) is 0 Å². The predicted octanol–water partition coefficient (Wildman–Crippen LogP) is 3.96. The van der Waals surface area contributed by atoms with Gasteiger partial charge in [-0.05, 0) is 23.8 Å². The Bertz CT molecular complexity index is 506. The Morgan fingerprint density at radius 3 is 2.65 bits per heavy atom. The van der Waals surface area contributed by atoms with Crippen LogP contribution in [0.4, 0.5) is 5.69 Å². The van der Waals surface area contributed by atoms with Crippen molar-refractivity contribution < 1.29 is 4.79 Å². The van der Waals surface area contributed by atoms with Gasteiger partial charge in [0.25, 0.3) is 0 Å². The van der Waals surface area contributed by atoms with Gasteiger partial charge in [0.15, 0.2) is 6.29 Å². The molecule has 0 radical (unpaired) electrons. The lowest BCUT2D eigenvalue weighted by molar-refractivity contribution is 0.112. The SMILES string of the molecule is CN(Cc1ccc(Br)cc1)c1csc(C=O)c1. The fourth-order valence-electron chi connectivity index (χ4n) is 1.56. The largest absolute Gasteiger partial charge is 0.370 e. The highest BCUT2D eigenvalue weighted by Gasteiger charge is 2.05. The quantitative estimate of drug-likeness (QED) is 0.797. The third kappa shape index (κ3) is 3.17. The van der Waals surface area contributed by atoms with E-state index in [9.17, 15) is 4.79 Å². The van der Waals surface area contributed by atoms with Crippen molar-refractivity contribution in [2.75, 3.05) is 11.9 Å². The Morgan fingerprint density at radius 1 is 1.35 bits per heavy atom. The van der Waals surface area contributed by atoms with Crippen molar-refractivity contribution >= 4 is 39.2 Å². The van der Waals surface area contributed by atoms with Crippen LogP contribution in [0.15, 0.2) is 40.2 Å². The lowest BCUT2D eigenvalue weighted by Gasteiger charge is -2.17. The highest BCUT2D eigenvalue weighted by atomic mass is 79.9. The molecule has 0 spiro atoms. The number of nitrogens with zero attached hydrogens (tertiary/aromatic N) is 1. The van der Waals surface area contributed by atoms with Crippen LogP contribution >= 0.6 is 27.3 Å². The molecule has 0 aliphatic heterocycles. The molecule has 0 saturated carbocycles. The number of anilines is 1. The zero-order chi connectivity index (χ0) is 12.3. The van der Waals surface area contributed by atoms with Gasteiger partial charge in [0.1, 0.15) is 0 Å². The number of carbonyl (C=O) groups is 1. The monoisotopic (exact) mass is 309 g/mol. The average molecular weight is 310 g/mol. The molecule has 1 aromatic heterocycles. The summed E-state index contributed by atoms with van der Waals surface area (Å²) in [5.41, 5.74) is 2.33. The van der Waals surface area contributed by atoms with E-state index in [1.807, 2.05) is 30.6 Å². The lowest BCUT2D eigenvalue weighted by Crippen LogP contribution is -2.15. The molecular weight excluding hydrogens is 298 g/mol. The summed E-state index contributed by atoms with van der Waals surface area (Å²) in [5, 5.41) is 2.00. The summed E-state index contributed by atoms with van der Waals surface area (Å²) in [7, 11) is 2.03. The van der Waals surface area contributed by atoms with E-state index in [0.29, 0.717) is 0 Å². The van der Waals surface area contributed by atoms with E-state index in [0.717, 1.165) is 27.9 Å². The molecule has 0 amide bonds. The molecule has 1 heterocycles. The average Bonchev–Trinajstić information content (AvgIpc) is 2.81. The van der Waals surface area contributed by atoms with Gasteiger partial charge >= 0.3 is 0 Å². The zero-order valence-electron chi connectivity index (χ0n) is 9.39. The van der Waals surface area contributed by atoms with Crippen LogP contribution in [0.2, 0.25) is 0 Å². The van der Waals surface area contributed by atoms with Crippen molar-refractivity contribution in [2.24, 2.45) is 0 Å². The minimum atomic E-state index is 0.766. The lowest BCUT2D eigenvalue weighted by atomic mass is 10.2. The van der Waals surface area contributed by atoms with Gasteiger partial charge < -0.3 is 4.90 Å². The molecule has 88 valence electrons. The first-order valence-corrected chi connectivity index (χ1v) is 6.85. The molecule has 2 aromatic rings. The van der Waals surface area contributed by atoms with E-state index in [1.165, 1.54) is 16.9 Å². The van der Waals surface area contributed by atoms with E-state index in [4.69, 9.17) is 0 Å². The maximum Gasteiger partial charge on any atom is 0.160 e. The first-order valence-electron chi connectivity index (χ1n) is 5.18. The minimum absolute atomic E-state index is 0.766. The van der Waals surface area contributed by atoms with E-state index in [1.54, 1.807) is 0 Å². The van der Waals surface area contributed by atoms with Gasteiger partial charge in [-0.3, -0.25) is 4.79 Å². The van der Waals surface area contributed by atoms with Crippen LogP contribution in [0.25, 0.3) is 0 Å². The summed E-state index contributed by atoms with van der Waals surface area (Å²) in [6, 6.07) is 10.2. The first kappa shape index (κ1) is 12.3. The van der Waals surface area contributed by atoms with Gasteiger partial charge in [0, 0.05) is 29.1 Å². The molecule has 0 bridgehead atoms.